The number of rotatable bonds is 11. The van der Waals surface area contributed by atoms with Gasteiger partial charge in [-0.05, 0) is 54.3 Å². The minimum absolute atomic E-state index is 0.361. The number of esters is 1. The zero-order valence-electron chi connectivity index (χ0n) is 22.6. The van der Waals surface area contributed by atoms with Crippen molar-refractivity contribution < 1.29 is 33.2 Å². The molecular weight excluding hydrogens is 486 g/mol. The van der Waals surface area contributed by atoms with Gasteiger partial charge in [-0.1, -0.05) is 30.3 Å². The molecule has 0 N–H and O–H groups in total. The summed E-state index contributed by atoms with van der Waals surface area (Å²) in [6.07, 6.45) is 0.170. The Bertz CT molecular complexity index is 1220. The standard InChI is InChI=1S/C30H35NO7/c1-6-36-26-17-24-23(16-25(26)37-19-21-10-8-7-9-11-21)12-13-31(30(24)38-20(2)32)18-22-14-27(33-3)29(35-5)28(15-22)34-4/h7-11,14-17,30H,6,12-13,18-19H2,1-5H3. The Hall–Kier alpha value is -3.91. The minimum atomic E-state index is -0.585. The Kier molecular flexibility index (Phi) is 8.97. The summed E-state index contributed by atoms with van der Waals surface area (Å²) in [4.78, 5) is 14.3. The second-order valence-electron chi connectivity index (χ2n) is 8.92. The van der Waals surface area contributed by atoms with Gasteiger partial charge in [0.2, 0.25) is 5.75 Å². The van der Waals surface area contributed by atoms with Gasteiger partial charge in [0.15, 0.2) is 29.2 Å². The zero-order valence-corrected chi connectivity index (χ0v) is 22.6. The molecule has 0 amide bonds. The molecule has 0 aliphatic carbocycles. The quantitative estimate of drug-likeness (QED) is 0.314. The van der Waals surface area contributed by atoms with Gasteiger partial charge in [0, 0.05) is 25.6 Å². The Morgan fingerprint density at radius 3 is 2.16 bits per heavy atom. The highest BCUT2D eigenvalue weighted by Crippen LogP contribution is 2.42. The first-order valence-corrected chi connectivity index (χ1v) is 12.6. The van der Waals surface area contributed by atoms with Gasteiger partial charge in [0.05, 0.1) is 27.9 Å². The van der Waals surface area contributed by atoms with Gasteiger partial charge in [-0.25, -0.2) is 0 Å². The van der Waals surface area contributed by atoms with Crippen LogP contribution in [0.2, 0.25) is 0 Å². The average Bonchev–Trinajstić information content (AvgIpc) is 2.93. The zero-order chi connectivity index (χ0) is 27.1. The van der Waals surface area contributed by atoms with Gasteiger partial charge in [-0.3, -0.25) is 9.69 Å². The number of fused-ring (bicyclic) bond motifs is 1. The van der Waals surface area contributed by atoms with Crippen LogP contribution in [-0.2, 0) is 29.1 Å². The monoisotopic (exact) mass is 521 g/mol. The topological polar surface area (TPSA) is 75.7 Å². The fourth-order valence-corrected chi connectivity index (χ4v) is 4.68. The third-order valence-electron chi connectivity index (χ3n) is 6.40. The number of hydrogen-bond donors (Lipinski definition) is 0. The number of carbonyl (C=O) groups excluding carboxylic acids is 1. The highest BCUT2D eigenvalue weighted by Gasteiger charge is 2.32. The van der Waals surface area contributed by atoms with Gasteiger partial charge in [0.25, 0.3) is 0 Å². The summed E-state index contributed by atoms with van der Waals surface area (Å²) in [7, 11) is 4.76. The van der Waals surface area contributed by atoms with E-state index < -0.39 is 6.23 Å². The molecule has 0 saturated carbocycles. The van der Waals surface area contributed by atoms with E-state index in [4.69, 9.17) is 28.4 Å². The van der Waals surface area contributed by atoms with E-state index in [2.05, 4.69) is 4.90 Å². The highest BCUT2D eigenvalue weighted by atomic mass is 16.6. The van der Waals surface area contributed by atoms with Crippen LogP contribution in [0.5, 0.6) is 28.7 Å². The fraction of sp³-hybridized carbons (Fsp3) is 0.367. The maximum Gasteiger partial charge on any atom is 0.304 e. The summed E-state index contributed by atoms with van der Waals surface area (Å²) < 4.78 is 34.5. The van der Waals surface area contributed by atoms with Crippen LogP contribution in [0, 0.1) is 0 Å². The fourth-order valence-electron chi connectivity index (χ4n) is 4.68. The Labute approximate surface area is 224 Å². The first-order chi connectivity index (χ1) is 18.5. The average molecular weight is 522 g/mol. The maximum absolute atomic E-state index is 12.2. The van der Waals surface area contributed by atoms with Crippen molar-refractivity contribution in [3.63, 3.8) is 0 Å². The van der Waals surface area contributed by atoms with E-state index >= 15 is 0 Å². The summed E-state index contributed by atoms with van der Waals surface area (Å²) in [6.45, 7) is 5.44. The second kappa shape index (κ2) is 12.6. The highest BCUT2D eigenvalue weighted by molar-refractivity contribution is 5.66. The van der Waals surface area contributed by atoms with Crippen molar-refractivity contribution in [3.8, 4) is 28.7 Å². The number of methoxy groups -OCH3 is 3. The van der Waals surface area contributed by atoms with Crippen LogP contribution in [0.15, 0.2) is 54.6 Å². The van der Waals surface area contributed by atoms with Crippen molar-refractivity contribution in [2.24, 2.45) is 0 Å². The lowest BCUT2D eigenvalue weighted by atomic mass is 9.96. The lowest BCUT2D eigenvalue weighted by Gasteiger charge is -2.37. The lowest BCUT2D eigenvalue weighted by Crippen LogP contribution is -2.37. The van der Waals surface area contributed by atoms with Crippen LogP contribution < -0.4 is 23.7 Å². The number of hydrogen-bond acceptors (Lipinski definition) is 8. The predicted molar refractivity (Wildman–Crippen MR) is 143 cm³/mol. The molecule has 0 bridgehead atoms. The molecule has 38 heavy (non-hydrogen) atoms. The van der Waals surface area contributed by atoms with E-state index in [1.54, 1.807) is 21.3 Å². The van der Waals surface area contributed by atoms with Crippen LogP contribution in [0.25, 0.3) is 0 Å². The van der Waals surface area contributed by atoms with Crippen molar-refractivity contribution in [2.45, 2.75) is 39.6 Å². The third-order valence-corrected chi connectivity index (χ3v) is 6.40. The number of carbonyl (C=O) groups is 1. The normalized spacial score (nSPS) is 14.8. The maximum atomic E-state index is 12.2. The van der Waals surface area contributed by atoms with E-state index in [0.29, 0.717) is 55.1 Å². The van der Waals surface area contributed by atoms with Gasteiger partial charge < -0.3 is 28.4 Å². The smallest absolute Gasteiger partial charge is 0.304 e. The number of nitrogens with zero attached hydrogens (tertiary/aromatic N) is 1. The molecule has 3 aromatic carbocycles. The Morgan fingerprint density at radius 1 is 0.868 bits per heavy atom. The predicted octanol–water partition coefficient (Wildman–Crippen LogP) is 5.31. The molecule has 1 aliphatic heterocycles. The van der Waals surface area contributed by atoms with Gasteiger partial charge in [0.1, 0.15) is 6.61 Å². The minimum Gasteiger partial charge on any atom is -0.493 e. The van der Waals surface area contributed by atoms with E-state index in [0.717, 1.165) is 28.7 Å². The first kappa shape index (κ1) is 27.1. The third kappa shape index (κ3) is 6.14. The van der Waals surface area contributed by atoms with E-state index in [1.165, 1.54) is 6.92 Å². The molecule has 4 rings (SSSR count). The van der Waals surface area contributed by atoms with Crippen LogP contribution in [0.4, 0.5) is 0 Å². The molecule has 0 aromatic heterocycles. The van der Waals surface area contributed by atoms with Gasteiger partial charge in [-0.2, -0.15) is 0 Å². The summed E-state index contributed by atoms with van der Waals surface area (Å²) in [5, 5.41) is 0. The molecule has 1 atom stereocenters. The second-order valence-corrected chi connectivity index (χ2v) is 8.92. The molecule has 1 unspecified atom stereocenters. The summed E-state index contributed by atoms with van der Waals surface area (Å²) in [5.74, 6) is 2.61. The number of benzene rings is 3. The molecule has 3 aromatic rings. The van der Waals surface area contributed by atoms with Gasteiger partial charge in [-0.15, -0.1) is 0 Å². The Morgan fingerprint density at radius 2 is 1.55 bits per heavy atom. The van der Waals surface area contributed by atoms with Crippen LogP contribution in [0.1, 0.15) is 42.3 Å². The van der Waals surface area contributed by atoms with Crippen molar-refractivity contribution in [1.82, 2.24) is 4.90 Å². The molecule has 0 radical (unpaired) electrons. The molecule has 8 heteroatoms. The van der Waals surface area contributed by atoms with Crippen LogP contribution in [0.3, 0.4) is 0 Å². The molecule has 0 fully saturated rings. The van der Waals surface area contributed by atoms with Gasteiger partial charge >= 0.3 is 5.97 Å². The molecule has 1 heterocycles. The molecule has 1 aliphatic rings. The summed E-state index contributed by atoms with van der Waals surface area (Å²) >= 11 is 0. The molecule has 202 valence electrons. The Balaban J connectivity index is 1.65. The first-order valence-electron chi connectivity index (χ1n) is 12.6. The summed E-state index contributed by atoms with van der Waals surface area (Å²) in [6, 6.07) is 17.8. The molecule has 8 nitrogen and oxygen atoms in total. The SMILES string of the molecule is CCOc1cc2c(cc1OCc1ccccc1)CCN(Cc1cc(OC)c(OC)c(OC)c1)C2OC(C)=O. The molecule has 0 saturated heterocycles. The van der Waals surface area contributed by atoms with Crippen molar-refractivity contribution in [3.05, 3.63) is 76.9 Å². The largest absolute Gasteiger partial charge is 0.493 e. The van der Waals surface area contributed by atoms with E-state index in [9.17, 15) is 4.79 Å². The number of ether oxygens (including phenoxy) is 6. The van der Waals surface area contributed by atoms with Crippen molar-refractivity contribution in [1.29, 1.82) is 0 Å². The van der Waals surface area contributed by atoms with E-state index in [1.807, 2.05) is 61.5 Å². The molecule has 0 spiro atoms. The van der Waals surface area contributed by atoms with Crippen molar-refractivity contribution in [2.75, 3.05) is 34.5 Å². The van der Waals surface area contributed by atoms with Crippen LogP contribution in [-0.4, -0.2) is 45.4 Å². The van der Waals surface area contributed by atoms with Crippen LogP contribution >= 0.6 is 0 Å². The summed E-state index contributed by atoms with van der Waals surface area (Å²) in [5.41, 5.74) is 3.95. The van der Waals surface area contributed by atoms with E-state index in [-0.39, 0.29) is 5.97 Å². The lowest BCUT2D eigenvalue weighted by molar-refractivity contribution is -0.159. The molecular formula is C30H35NO7. The van der Waals surface area contributed by atoms with Crippen molar-refractivity contribution >= 4 is 5.97 Å².